The largest absolute Gasteiger partial charge is 0.455 e. The van der Waals surface area contributed by atoms with E-state index in [1.165, 1.54) is 4.90 Å². The molecule has 0 aliphatic heterocycles. The smallest absolute Gasteiger partial charge is 0.316 e. The van der Waals surface area contributed by atoms with Gasteiger partial charge < -0.3 is 14.1 Å². The summed E-state index contributed by atoms with van der Waals surface area (Å²) in [6.45, 7) is -0.250. The van der Waals surface area contributed by atoms with Gasteiger partial charge in [-0.3, -0.25) is 9.59 Å². The number of amides is 1. The highest BCUT2D eigenvalue weighted by atomic mass is 32.2. The number of para-hydroxylation sites is 2. The Hall–Kier alpha value is -2.02. The van der Waals surface area contributed by atoms with Crippen LogP contribution >= 0.6 is 11.8 Å². The van der Waals surface area contributed by atoms with Crippen molar-refractivity contribution in [2.75, 3.05) is 26.5 Å². The van der Waals surface area contributed by atoms with Gasteiger partial charge in [0.2, 0.25) is 0 Å². The van der Waals surface area contributed by atoms with E-state index < -0.39 is 5.97 Å². The predicted molar refractivity (Wildman–Crippen MR) is 74.4 cm³/mol. The summed E-state index contributed by atoms with van der Waals surface area (Å²) in [5.41, 5.74) is 1.41. The molecule has 0 atom stereocenters. The second-order valence-corrected chi connectivity index (χ2v) is 5.11. The molecule has 1 amide bonds. The van der Waals surface area contributed by atoms with E-state index in [4.69, 9.17) is 9.15 Å². The highest BCUT2D eigenvalue weighted by molar-refractivity contribution is 7.99. The summed E-state index contributed by atoms with van der Waals surface area (Å²) in [5.74, 6) is -0.689. The number of hydrogen-bond acceptors (Lipinski definition) is 6. The molecule has 0 radical (unpaired) electrons. The number of benzene rings is 1. The topological polar surface area (TPSA) is 72.6 Å². The molecule has 0 fully saturated rings. The van der Waals surface area contributed by atoms with Crippen molar-refractivity contribution in [3.8, 4) is 0 Å². The van der Waals surface area contributed by atoms with Gasteiger partial charge in [-0.1, -0.05) is 23.9 Å². The fourth-order valence-electron chi connectivity index (χ4n) is 1.35. The van der Waals surface area contributed by atoms with Crippen molar-refractivity contribution in [1.29, 1.82) is 0 Å². The van der Waals surface area contributed by atoms with Crippen LogP contribution in [0.2, 0.25) is 0 Å². The van der Waals surface area contributed by atoms with Gasteiger partial charge in [0.15, 0.2) is 12.2 Å². The number of carbonyl (C=O) groups is 2. The van der Waals surface area contributed by atoms with E-state index in [0.717, 1.165) is 17.3 Å². The van der Waals surface area contributed by atoms with Crippen LogP contribution in [-0.2, 0) is 14.3 Å². The van der Waals surface area contributed by atoms with Crippen LogP contribution in [0.5, 0.6) is 0 Å². The van der Waals surface area contributed by atoms with Gasteiger partial charge in [-0.25, -0.2) is 4.98 Å². The number of aromatic nitrogens is 1. The molecule has 0 aliphatic carbocycles. The van der Waals surface area contributed by atoms with E-state index >= 15 is 0 Å². The highest BCUT2D eigenvalue weighted by Crippen LogP contribution is 2.22. The lowest BCUT2D eigenvalue weighted by atomic mass is 10.3. The van der Waals surface area contributed by atoms with Gasteiger partial charge in [0.1, 0.15) is 11.3 Å². The zero-order valence-electron chi connectivity index (χ0n) is 11.2. The summed E-state index contributed by atoms with van der Waals surface area (Å²) in [4.78, 5) is 28.3. The number of fused-ring (bicyclic) bond motifs is 1. The van der Waals surface area contributed by atoms with Crippen LogP contribution in [0.4, 0.5) is 0 Å². The Morgan fingerprint density at radius 3 is 2.80 bits per heavy atom. The highest BCUT2D eigenvalue weighted by Gasteiger charge is 2.12. The summed E-state index contributed by atoms with van der Waals surface area (Å²) in [5, 5.41) is 0.405. The molecule has 0 spiro atoms. The van der Waals surface area contributed by atoms with E-state index in [1.807, 2.05) is 18.2 Å². The first-order chi connectivity index (χ1) is 9.56. The average Bonchev–Trinajstić information content (AvgIpc) is 2.85. The first-order valence-electron chi connectivity index (χ1n) is 5.90. The van der Waals surface area contributed by atoms with Gasteiger partial charge in [0.05, 0.1) is 0 Å². The third-order valence-corrected chi connectivity index (χ3v) is 3.24. The summed E-state index contributed by atoms with van der Waals surface area (Å²) in [7, 11) is 3.20. The van der Waals surface area contributed by atoms with Crippen molar-refractivity contribution < 1.29 is 18.7 Å². The second kappa shape index (κ2) is 6.42. The summed E-state index contributed by atoms with van der Waals surface area (Å²) >= 11 is 1.14. The average molecular weight is 294 g/mol. The zero-order chi connectivity index (χ0) is 14.5. The lowest BCUT2D eigenvalue weighted by molar-refractivity contribution is -0.148. The third kappa shape index (κ3) is 3.74. The van der Waals surface area contributed by atoms with E-state index in [2.05, 4.69) is 4.98 Å². The number of likely N-dealkylation sites (N-methyl/N-ethyl adjacent to an activating group) is 1. The van der Waals surface area contributed by atoms with Gasteiger partial charge in [0, 0.05) is 14.1 Å². The van der Waals surface area contributed by atoms with Gasteiger partial charge >= 0.3 is 5.97 Å². The second-order valence-electron chi connectivity index (χ2n) is 4.19. The number of rotatable bonds is 5. The van der Waals surface area contributed by atoms with Crippen LogP contribution in [0.15, 0.2) is 33.9 Å². The molecule has 7 heteroatoms. The molecule has 1 aromatic heterocycles. The molecule has 1 heterocycles. The van der Waals surface area contributed by atoms with Crippen LogP contribution < -0.4 is 0 Å². The maximum Gasteiger partial charge on any atom is 0.316 e. The monoisotopic (exact) mass is 294 g/mol. The van der Waals surface area contributed by atoms with Gasteiger partial charge in [-0.2, -0.15) is 0 Å². The molecule has 0 unspecified atom stereocenters. The third-order valence-electron chi connectivity index (χ3n) is 2.44. The summed E-state index contributed by atoms with van der Waals surface area (Å²) in [6, 6.07) is 7.35. The molecule has 0 saturated heterocycles. The molecule has 20 heavy (non-hydrogen) atoms. The fourth-order valence-corrected chi connectivity index (χ4v) is 1.98. The minimum absolute atomic E-state index is 0.0491. The quantitative estimate of drug-likeness (QED) is 0.615. The Labute approximate surface area is 120 Å². The maximum atomic E-state index is 11.5. The van der Waals surface area contributed by atoms with Crippen molar-refractivity contribution in [3.05, 3.63) is 24.3 Å². The Balaban J connectivity index is 1.82. The molecule has 0 bridgehead atoms. The van der Waals surface area contributed by atoms with Gasteiger partial charge in [-0.05, 0) is 12.1 Å². The number of ether oxygens (including phenoxy) is 1. The number of hydrogen-bond donors (Lipinski definition) is 0. The van der Waals surface area contributed by atoms with Crippen molar-refractivity contribution >= 4 is 34.7 Å². The molecule has 0 N–H and O–H groups in total. The van der Waals surface area contributed by atoms with Gasteiger partial charge in [-0.15, -0.1) is 0 Å². The Morgan fingerprint density at radius 1 is 1.35 bits per heavy atom. The molecule has 106 valence electrons. The van der Waals surface area contributed by atoms with Crippen molar-refractivity contribution in [2.45, 2.75) is 5.22 Å². The Bertz CT molecular complexity index is 591. The Morgan fingerprint density at radius 2 is 2.10 bits per heavy atom. The SMILES string of the molecule is CN(C)C(=O)COC(=O)CSc1nc2ccccc2o1. The number of esters is 1. The molecule has 2 rings (SSSR count). The molecular weight excluding hydrogens is 280 g/mol. The molecule has 6 nitrogen and oxygen atoms in total. The fraction of sp³-hybridized carbons (Fsp3) is 0.308. The van der Waals surface area contributed by atoms with Crippen LogP contribution in [-0.4, -0.2) is 48.2 Å². The van der Waals surface area contributed by atoms with E-state index in [9.17, 15) is 9.59 Å². The van der Waals surface area contributed by atoms with E-state index in [1.54, 1.807) is 20.2 Å². The minimum atomic E-state index is -0.479. The first kappa shape index (κ1) is 14.4. The molecule has 0 aliphatic rings. The van der Waals surface area contributed by atoms with Crippen molar-refractivity contribution in [1.82, 2.24) is 9.88 Å². The molecule has 2 aromatic rings. The minimum Gasteiger partial charge on any atom is -0.455 e. The van der Waals surface area contributed by atoms with Crippen LogP contribution in [0.3, 0.4) is 0 Å². The van der Waals surface area contributed by atoms with Gasteiger partial charge in [0.25, 0.3) is 11.1 Å². The number of oxazole rings is 1. The lowest BCUT2D eigenvalue weighted by Crippen LogP contribution is -2.27. The zero-order valence-corrected chi connectivity index (χ0v) is 12.0. The number of carbonyl (C=O) groups excluding carboxylic acids is 2. The normalized spacial score (nSPS) is 10.5. The van der Waals surface area contributed by atoms with Crippen molar-refractivity contribution in [3.63, 3.8) is 0 Å². The van der Waals surface area contributed by atoms with Crippen LogP contribution in [0, 0.1) is 0 Å². The van der Waals surface area contributed by atoms with E-state index in [-0.39, 0.29) is 18.3 Å². The predicted octanol–water partition coefficient (Wildman–Crippen LogP) is 1.55. The number of thioether (sulfide) groups is 1. The van der Waals surface area contributed by atoms with Crippen LogP contribution in [0.25, 0.3) is 11.1 Å². The Kier molecular flexibility index (Phi) is 4.62. The molecular formula is C13H14N2O4S. The number of nitrogens with zero attached hydrogens (tertiary/aromatic N) is 2. The first-order valence-corrected chi connectivity index (χ1v) is 6.89. The lowest BCUT2D eigenvalue weighted by Gasteiger charge is -2.09. The molecule has 1 aromatic carbocycles. The summed E-state index contributed by atoms with van der Waals surface area (Å²) in [6.07, 6.45) is 0. The standard InChI is InChI=1S/C13H14N2O4S/c1-15(2)11(16)7-18-12(17)8-20-13-14-9-5-3-4-6-10(9)19-13/h3-6H,7-8H2,1-2H3. The van der Waals surface area contributed by atoms with E-state index in [0.29, 0.717) is 10.8 Å². The maximum absolute atomic E-state index is 11.5. The van der Waals surface area contributed by atoms with Crippen molar-refractivity contribution in [2.24, 2.45) is 0 Å². The molecule has 0 saturated carbocycles. The summed E-state index contributed by atoms with van der Waals surface area (Å²) < 4.78 is 10.3. The van der Waals surface area contributed by atoms with Crippen LogP contribution in [0.1, 0.15) is 0 Å².